The fourth-order valence-corrected chi connectivity index (χ4v) is 0.891. The fourth-order valence-electron chi connectivity index (χ4n) is 0.891. The van der Waals surface area contributed by atoms with E-state index < -0.39 is 0 Å². The van der Waals surface area contributed by atoms with Crippen molar-refractivity contribution in [3.63, 3.8) is 0 Å². The van der Waals surface area contributed by atoms with Gasteiger partial charge in [0.25, 0.3) is 0 Å². The normalized spacial score (nSPS) is 10.7. The molecule has 0 amide bonds. The monoisotopic (exact) mass is 298 g/mol. The van der Waals surface area contributed by atoms with E-state index in [4.69, 9.17) is 9.47 Å². The zero-order chi connectivity index (χ0) is 16.8. The van der Waals surface area contributed by atoms with Crippen LogP contribution < -0.4 is 0 Å². The Bertz CT molecular complexity index is 345. The van der Waals surface area contributed by atoms with Crippen LogP contribution in [0.1, 0.15) is 53.9 Å². The van der Waals surface area contributed by atoms with Gasteiger partial charge in [-0.3, -0.25) is 0 Å². The summed E-state index contributed by atoms with van der Waals surface area (Å²) in [5, 5.41) is 0. The van der Waals surface area contributed by atoms with Crippen LogP contribution in [0.15, 0.2) is 24.3 Å². The third kappa shape index (κ3) is 14.6. The second-order valence-electron chi connectivity index (χ2n) is 5.16. The summed E-state index contributed by atoms with van der Waals surface area (Å²) in [6, 6.07) is 0. The van der Waals surface area contributed by atoms with Crippen LogP contribution in [0.5, 0.6) is 0 Å². The molecule has 122 valence electrons. The molecule has 0 aromatic heterocycles. The lowest BCUT2D eigenvalue weighted by Crippen LogP contribution is -2.11. The lowest BCUT2D eigenvalue weighted by molar-refractivity contribution is -0.140. The number of unbranched alkanes of at least 4 members (excludes halogenated alkanes) is 1. The highest BCUT2D eigenvalue weighted by atomic mass is 16.5. The van der Waals surface area contributed by atoms with Gasteiger partial charge in [0.15, 0.2) is 0 Å². The van der Waals surface area contributed by atoms with E-state index in [-0.39, 0.29) is 11.9 Å². The molecule has 4 nitrogen and oxygen atoms in total. The van der Waals surface area contributed by atoms with Crippen LogP contribution in [0.2, 0.25) is 0 Å². The number of ether oxygens (including phenoxy) is 2. The minimum Gasteiger partial charge on any atom is -0.462 e. The van der Waals surface area contributed by atoms with Crippen LogP contribution in [0.3, 0.4) is 0 Å². The summed E-state index contributed by atoms with van der Waals surface area (Å²) < 4.78 is 9.72. The summed E-state index contributed by atoms with van der Waals surface area (Å²) in [4.78, 5) is 21.5. The third-order valence-electron chi connectivity index (χ3n) is 2.62. The highest BCUT2D eigenvalue weighted by Crippen LogP contribution is 2.02. The van der Waals surface area contributed by atoms with Gasteiger partial charge in [-0.15, -0.1) is 0 Å². The second-order valence-corrected chi connectivity index (χ2v) is 5.16. The molecule has 0 heterocycles. The van der Waals surface area contributed by atoms with Gasteiger partial charge in [0.2, 0.25) is 0 Å². The molecular formula is C17H30O4. The average molecular weight is 298 g/mol. The first-order valence-electron chi connectivity index (χ1n) is 7.41. The molecule has 0 saturated heterocycles. The number of esters is 2. The zero-order valence-electron chi connectivity index (χ0n) is 14.2. The van der Waals surface area contributed by atoms with Crippen LogP contribution in [0.25, 0.3) is 0 Å². The van der Waals surface area contributed by atoms with Crippen molar-refractivity contribution in [2.45, 2.75) is 53.9 Å². The highest BCUT2D eigenvalue weighted by molar-refractivity contribution is 5.87. The van der Waals surface area contributed by atoms with Crippen molar-refractivity contribution >= 4 is 11.9 Å². The standard InChI is InChI=1S/C9H16O2.C8H14O2/c1-5-8(4)6-11-9(10)7(2)3;1-4-5-6-10-8(9)7(2)3/h8H,2,5-6H2,1,3-4H3;2,4-6H2,1,3H3. The molecule has 0 rings (SSSR count). The summed E-state index contributed by atoms with van der Waals surface area (Å²) in [5.74, 6) is -0.128. The van der Waals surface area contributed by atoms with Crippen LogP contribution in [0, 0.1) is 5.92 Å². The van der Waals surface area contributed by atoms with E-state index in [0.29, 0.717) is 30.3 Å². The average Bonchev–Trinajstić information content (AvgIpc) is 2.44. The van der Waals surface area contributed by atoms with Gasteiger partial charge < -0.3 is 9.47 Å². The number of carbonyl (C=O) groups excluding carboxylic acids is 2. The molecule has 0 fully saturated rings. The fraction of sp³-hybridized carbons (Fsp3) is 0.647. The molecule has 0 saturated carbocycles. The molecule has 0 aliphatic rings. The van der Waals surface area contributed by atoms with Gasteiger partial charge in [-0.2, -0.15) is 0 Å². The summed E-state index contributed by atoms with van der Waals surface area (Å²) >= 11 is 0. The second kappa shape index (κ2) is 13.4. The minimum absolute atomic E-state index is 0.284. The van der Waals surface area contributed by atoms with Crippen molar-refractivity contribution in [2.75, 3.05) is 13.2 Å². The predicted molar refractivity (Wildman–Crippen MR) is 85.9 cm³/mol. The molecule has 0 spiro atoms. The van der Waals surface area contributed by atoms with Crippen LogP contribution in [0.4, 0.5) is 0 Å². The SMILES string of the molecule is C=C(C)C(=O)OCC(C)CC.C=C(C)C(=O)OCCCC. The molecule has 4 heteroatoms. The van der Waals surface area contributed by atoms with E-state index in [1.165, 1.54) is 0 Å². The molecule has 0 aliphatic heterocycles. The maximum atomic E-state index is 10.8. The molecule has 1 atom stereocenters. The van der Waals surface area contributed by atoms with E-state index in [1.54, 1.807) is 13.8 Å². The van der Waals surface area contributed by atoms with Gasteiger partial charge in [-0.1, -0.05) is 46.8 Å². The Hall–Kier alpha value is -1.58. The molecular weight excluding hydrogens is 268 g/mol. The minimum atomic E-state index is -0.287. The van der Waals surface area contributed by atoms with Gasteiger partial charge in [0.05, 0.1) is 13.2 Å². The van der Waals surface area contributed by atoms with Crippen molar-refractivity contribution < 1.29 is 19.1 Å². The zero-order valence-corrected chi connectivity index (χ0v) is 14.2. The molecule has 0 N–H and O–H groups in total. The molecule has 0 aliphatic carbocycles. The van der Waals surface area contributed by atoms with E-state index in [2.05, 4.69) is 27.0 Å². The van der Waals surface area contributed by atoms with Crippen molar-refractivity contribution in [3.8, 4) is 0 Å². The summed E-state index contributed by atoms with van der Waals surface area (Å²) in [6.45, 7) is 17.4. The van der Waals surface area contributed by atoms with E-state index in [1.807, 2.05) is 6.92 Å². The molecule has 21 heavy (non-hydrogen) atoms. The van der Waals surface area contributed by atoms with Crippen LogP contribution >= 0.6 is 0 Å². The van der Waals surface area contributed by atoms with Crippen molar-refractivity contribution in [2.24, 2.45) is 5.92 Å². The molecule has 0 bridgehead atoms. The number of rotatable bonds is 8. The van der Waals surface area contributed by atoms with Gasteiger partial charge in [0, 0.05) is 11.1 Å². The molecule has 0 aromatic rings. The van der Waals surface area contributed by atoms with E-state index in [0.717, 1.165) is 19.3 Å². The van der Waals surface area contributed by atoms with E-state index in [9.17, 15) is 9.59 Å². The Morgan fingerprint density at radius 3 is 1.86 bits per heavy atom. The predicted octanol–water partition coefficient (Wildman–Crippen LogP) is 4.06. The Kier molecular flexibility index (Phi) is 13.9. The van der Waals surface area contributed by atoms with Gasteiger partial charge in [-0.05, 0) is 26.2 Å². The maximum Gasteiger partial charge on any atom is 0.333 e. The topological polar surface area (TPSA) is 52.6 Å². The highest BCUT2D eigenvalue weighted by Gasteiger charge is 2.05. The van der Waals surface area contributed by atoms with Gasteiger partial charge >= 0.3 is 11.9 Å². The number of carbonyl (C=O) groups is 2. The first-order chi connectivity index (χ1) is 9.76. The smallest absolute Gasteiger partial charge is 0.333 e. The lowest BCUT2D eigenvalue weighted by Gasteiger charge is -2.08. The molecule has 1 unspecified atom stereocenters. The quantitative estimate of drug-likeness (QED) is 0.385. The molecule has 0 radical (unpaired) electrons. The summed E-state index contributed by atoms with van der Waals surface area (Å²) in [7, 11) is 0. The largest absolute Gasteiger partial charge is 0.462 e. The molecule has 0 aromatic carbocycles. The van der Waals surface area contributed by atoms with Gasteiger partial charge in [0.1, 0.15) is 0 Å². The van der Waals surface area contributed by atoms with Crippen LogP contribution in [-0.4, -0.2) is 25.2 Å². The van der Waals surface area contributed by atoms with Crippen LogP contribution in [-0.2, 0) is 19.1 Å². The summed E-state index contributed by atoms with van der Waals surface area (Å²) in [5.41, 5.74) is 0.935. The lowest BCUT2D eigenvalue weighted by atomic mass is 10.1. The first-order valence-corrected chi connectivity index (χ1v) is 7.41. The number of hydrogen-bond donors (Lipinski definition) is 0. The number of hydrogen-bond acceptors (Lipinski definition) is 4. The van der Waals surface area contributed by atoms with E-state index >= 15 is 0 Å². The van der Waals surface area contributed by atoms with Crippen molar-refractivity contribution in [1.29, 1.82) is 0 Å². The third-order valence-corrected chi connectivity index (χ3v) is 2.62. The van der Waals surface area contributed by atoms with Gasteiger partial charge in [-0.25, -0.2) is 9.59 Å². The maximum absolute atomic E-state index is 10.8. The Morgan fingerprint density at radius 2 is 1.48 bits per heavy atom. The Labute approximate surface area is 129 Å². The Balaban J connectivity index is 0. The van der Waals surface area contributed by atoms with Crippen molar-refractivity contribution in [1.82, 2.24) is 0 Å². The summed E-state index contributed by atoms with van der Waals surface area (Å²) in [6.07, 6.45) is 3.01. The Morgan fingerprint density at radius 1 is 1.00 bits per heavy atom. The first kappa shape index (κ1) is 21.7. The van der Waals surface area contributed by atoms with Crippen molar-refractivity contribution in [3.05, 3.63) is 24.3 Å².